The van der Waals surface area contributed by atoms with Crippen molar-refractivity contribution in [1.29, 1.82) is 0 Å². The van der Waals surface area contributed by atoms with Crippen molar-refractivity contribution in [3.63, 3.8) is 0 Å². The Balaban J connectivity index is 1.89. The zero-order valence-corrected chi connectivity index (χ0v) is 11.9. The number of nitrogens with one attached hydrogen (secondary N) is 1. The summed E-state index contributed by atoms with van der Waals surface area (Å²) in [6.07, 6.45) is 2.54. The topological polar surface area (TPSA) is 59.6 Å². The van der Waals surface area contributed by atoms with E-state index in [1.54, 1.807) is 0 Å². The van der Waals surface area contributed by atoms with Crippen molar-refractivity contribution in [3.8, 4) is 5.75 Å². The Morgan fingerprint density at radius 3 is 2.63 bits per heavy atom. The van der Waals surface area contributed by atoms with Crippen LogP contribution in [0.1, 0.15) is 33.6 Å². The van der Waals surface area contributed by atoms with Crippen molar-refractivity contribution in [1.82, 2.24) is 0 Å². The molecule has 0 bridgehead atoms. The molecule has 3 N–H and O–H groups in total. The molecule has 1 aromatic carbocycles. The predicted molar refractivity (Wildman–Crippen MR) is 79.6 cm³/mol. The van der Waals surface area contributed by atoms with Crippen LogP contribution in [0.5, 0.6) is 5.75 Å². The smallest absolute Gasteiger partial charge is 0.193 e. The number of benzene rings is 1. The third-order valence-electron chi connectivity index (χ3n) is 3.21. The Bertz CT molecular complexity index is 439. The normalized spacial score (nSPS) is 22.4. The summed E-state index contributed by atoms with van der Waals surface area (Å²) in [6.45, 7) is 6.21. The monoisotopic (exact) mass is 261 g/mol. The maximum absolute atomic E-state index is 5.89. The average molecular weight is 261 g/mol. The van der Waals surface area contributed by atoms with E-state index in [-0.39, 0.29) is 6.10 Å². The fraction of sp³-hybridized carbons (Fsp3) is 0.533. The number of guanidine groups is 1. The number of hydrogen-bond donors (Lipinski definition) is 2. The number of nitrogens with zero attached hydrogens (tertiary/aromatic N) is 1. The van der Waals surface area contributed by atoms with Gasteiger partial charge < -0.3 is 15.8 Å². The van der Waals surface area contributed by atoms with Gasteiger partial charge in [0.2, 0.25) is 0 Å². The number of rotatable bonds is 5. The van der Waals surface area contributed by atoms with E-state index in [0.717, 1.165) is 17.4 Å². The van der Waals surface area contributed by atoms with Gasteiger partial charge in [-0.3, -0.25) is 0 Å². The van der Waals surface area contributed by atoms with Gasteiger partial charge in [0.05, 0.1) is 12.1 Å². The van der Waals surface area contributed by atoms with E-state index in [1.807, 2.05) is 38.1 Å². The van der Waals surface area contributed by atoms with Gasteiger partial charge in [-0.1, -0.05) is 13.3 Å². The molecule has 0 saturated heterocycles. The molecule has 4 heteroatoms. The van der Waals surface area contributed by atoms with E-state index >= 15 is 0 Å². The number of anilines is 1. The molecule has 0 heterocycles. The predicted octanol–water partition coefficient (Wildman–Crippen LogP) is 3.00. The molecule has 1 saturated carbocycles. The molecule has 0 aliphatic heterocycles. The van der Waals surface area contributed by atoms with Gasteiger partial charge in [-0.05, 0) is 50.5 Å². The van der Waals surface area contributed by atoms with Crippen molar-refractivity contribution in [2.75, 3.05) is 5.32 Å². The minimum atomic E-state index is 0.186. The van der Waals surface area contributed by atoms with Crippen LogP contribution in [0, 0.1) is 5.92 Å². The lowest BCUT2D eigenvalue weighted by Gasteiger charge is -2.10. The van der Waals surface area contributed by atoms with Crippen LogP contribution in [0.3, 0.4) is 0 Å². The standard InChI is InChI=1S/C15H23N3O/c1-4-11-9-14(11)18-15(16)17-12-5-7-13(8-6-12)19-10(2)3/h5-8,10-11,14H,4,9H2,1-3H3,(H3,16,17,18)/t11-,14-/m1/s1. The van der Waals surface area contributed by atoms with Gasteiger partial charge in [0, 0.05) is 5.69 Å². The first kappa shape index (κ1) is 13.7. The van der Waals surface area contributed by atoms with Crippen molar-refractivity contribution in [2.45, 2.75) is 45.8 Å². The zero-order valence-electron chi connectivity index (χ0n) is 11.9. The Labute approximate surface area is 115 Å². The van der Waals surface area contributed by atoms with Gasteiger partial charge in [-0.25, -0.2) is 4.99 Å². The van der Waals surface area contributed by atoms with Crippen LogP contribution in [-0.4, -0.2) is 18.1 Å². The van der Waals surface area contributed by atoms with Gasteiger partial charge in [0.1, 0.15) is 5.75 Å². The fourth-order valence-corrected chi connectivity index (χ4v) is 2.08. The molecule has 1 aliphatic carbocycles. The first-order chi connectivity index (χ1) is 9.08. The van der Waals surface area contributed by atoms with Crippen LogP contribution >= 0.6 is 0 Å². The molecule has 2 atom stereocenters. The highest BCUT2D eigenvalue weighted by molar-refractivity contribution is 5.92. The molecular weight excluding hydrogens is 238 g/mol. The second-order valence-corrected chi connectivity index (χ2v) is 5.30. The third-order valence-corrected chi connectivity index (χ3v) is 3.21. The van der Waals surface area contributed by atoms with Crippen LogP contribution < -0.4 is 15.8 Å². The van der Waals surface area contributed by atoms with Crippen molar-refractivity contribution >= 4 is 11.6 Å². The van der Waals surface area contributed by atoms with Gasteiger partial charge in [0.15, 0.2) is 5.96 Å². The molecule has 2 rings (SSSR count). The Morgan fingerprint density at radius 2 is 2.11 bits per heavy atom. The summed E-state index contributed by atoms with van der Waals surface area (Å²) in [5.74, 6) is 2.09. The van der Waals surface area contributed by atoms with Crippen LogP contribution in [0.25, 0.3) is 0 Å². The third kappa shape index (κ3) is 4.16. The lowest BCUT2D eigenvalue weighted by Crippen LogP contribution is -2.23. The molecule has 19 heavy (non-hydrogen) atoms. The largest absolute Gasteiger partial charge is 0.491 e. The minimum absolute atomic E-state index is 0.186. The molecule has 0 unspecified atom stereocenters. The Morgan fingerprint density at radius 1 is 1.42 bits per heavy atom. The van der Waals surface area contributed by atoms with E-state index in [0.29, 0.717) is 12.0 Å². The number of nitrogens with two attached hydrogens (primary N) is 1. The van der Waals surface area contributed by atoms with Gasteiger partial charge >= 0.3 is 0 Å². The van der Waals surface area contributed by atoms with Crippen LogP contribution in [0.4, 0.5) is 5.69 Å². The summed E-state index contributed by atoms with van der Waals surface area (Å²) >= 11 is 0. The fourth-order valence-electron chi connectivity index (χ4n) is 2.08. The maximum atomic E-state index is 5.89. The number of hydrogen-bond acceptors (Lipinski definition) is 2. The van der Waals surface area contributed by atoms with E-state index < -0.39 is 0 Å². The number of ether oxygens (including phenoxy) is 1. The average Bonchev–Trinajstić information content (AvgIpc) is 3.09. The van der Waals surface area contributed by atoms with E-state index in [2.05, 4.69) is 17.2 Å². The van der Waals surface area contributed by atoms with Crippen LogP contribution in [-0.2, 0) is 0 Å². The minimum Gasteiger partial charge on any atom is -0.491 e. The highest BCUT2D eigenvalue weighted by Gasteiger charge is 2.35. The summed E-state index contributed by atoms with van der Waals surface area (Å²) in [7, 11) is 0. The molecule has 104 valence electrons. The quantitative estimate of drug-likeness (QED) is 0.632. The lowest BCUT2D eigenvalue weighted by atomic mass is 10.3. The summed E-state index contributed by atoms with van der Waals surface area (Å²) in [4.78, 5) is 4.46. The molecule has 0 amide bonds. The molecule has 4 nitrogen and oxygen atoms in total. The molecule has 0 radical (unpaired) electrons. The summed E-state index contributed by atoms with van der Waals surface area (Å²) in [6, 6.07) is 8.18. The van der Waals surface area contributed by atoms with Crippen LogP contribution in [0.2, 0.25) is 0 Å². The first-order valence-corrected chi connectivity index (χ1v) is 6.95. The van der Waals surface area contributed by atoms with Gasteiger partial charge in [-0.2, -0.15) is 0 Å². The Kier molecular flexibility index (Phi) is 4.30. The molecular formula is C15H23N3O. The molecule has 1 aliphatic rings. The van der Waals surface area contributed by atoms with Crippen molar-refractivity contribution in [2.24, 2.45) is 16.6 Å². The van der Waals surface area contributed by atoms with E-state index in [9.17, 15) is 0 Å². The highest BCUT2D eigenvalue weighted by atomic mass is 16.5. The van der Waals surface area contributed by atoms with E-state index in [1.165, 1.54) is 12.8 Å². The maximum Gasteiger partial charge on any atom is 0.193 e. The van der Waals surface area contributed by atoms with E-state index in [4.69, 9.17) is 10.5 Å². The zero-order chi connectivity index (χ0) is 13.8. The second-order valence-electron chi connectivity index (χ2n) is 5.30. The molecule has 1 fully saturated rings. The molecule has 0 aromatic heterocycles. The number of aliphatic imine (C=N–C) groups is 1. The molecule has 0 spiro atoms. The highest BCUT2D eigenvalue weighted by Crippen LogP contribution is 2.36. The molecule has 1 aromatic rings. The SMILES string of the molecule is CC[C@@H]1C[C@H]1N=C(N)Nc1ccc(OC(C)C)cc1. The van der Waals surface area contributed by atoms with Crippen LogP contribution in [0.15, 0.2) is 29.3 Å². The summed E-state index contributed by atoms with van der Waals surface area (Å²) in [5.41, 5.74) is 6.83. The second kappa shape index (κ2) is 5.95. The Hall–Kier alpha value is -1.71. The van der Waals surface area contributed by atoms with Crippen molar-refractivity contribution < 1.29 is 4.74 Å². The summed E-state index contributed by atoms with van der Waals surface area (Å²) < 4.78 is 5.59. The lowest BCUT2D eigenvalue weighted by molar-refractivity contribution is 0.242. The van der Waals surface area contributed by atoms with Gasteiger partial charge in [0.25, 0.3) is 0 Å². The van der Waals surface area contributed by atoms with Gasteiger partial charge in [-0.15, -0.1) is 0 Å². The van der Waals surface area contributed by atoms with Crippen molar-refractivity contribution in [3.05, 3.63) is 24.3 Å². The first-order valence-electron chi connectivity index (χ1n) is 6.95. The summed E-state index contributed by atoms with van der Waals surface area (Å²) in [5, 5.41) is 3.11.